The number of anilines is 2. The minimum atomic E-state index is 0.582. The molecule has 0 atom stereocenters. The number of nitrogens with zero attached hydrogens (tertiary/aromatic N) is 4. The van der Waals surface area contributed by atoms with Gasteiger partial charge in [0.05, 0.1) is 0 Å². The van der Waals surface area contributed by atoms with Gasteiger partial charge < -0.3 is 15.5 Å². The maximum absolute atomic E-state index is 5.89. The lowest BCUT2D eigenvalue weighted by Gasteiger charge is -2.37. The Hall–Kier alpha value is -2.14. The van der Waals surface area contributed by atoms with Crippen LogP contribution in [0.25, 0.3) is 0 Å². The van der Waals surface area contributed by atoms with E-state index in [-0.39, 0.29) is 0 Å². The SMILES string of the molecule is Cc1cccc(CN)c1N1CCN(c2ncccn2)CC1. The van der Waals surface area contributed by atoms with Crippen LogP contribution in [0.1, 0.15) is 11.1 Å². The predicted octanol–water partition coefficient (Wildman–Crippen LogP) is 1.57. The molecular formula is C16H21N5. The molecule has 1 aromatic carbocycles. The highest BCUT2D eigenvalue weighted by atomic mass is 15.3. The van der Waals surface area contributed by atoms with Gasteiger partial charge in [-0.25, -0.2) is 9.97 Å². The van der Waals surface area contributed by atoms with Crippen LogP contribution in [-0.4, -0.2) is 36.1 Å². The topological polar surface area (TPSA) is 58.3 Å². The molecule has 5 heteroatoms. The van der Waals surface area contributed by atoms with Gasteiger partial charge in [-0.3, -0.25) is 0 Å². The molecule has 2 N–H and O–H groups in total. The number of rotatable bonds is 3. The first-order valence-corrected chi connectivity index (χ1v) is 7.35. The third-order valence-electron chi connectivity index (χ3n) is 3.97. The lowest BCUT2D eigenvalue weighted by atomic mass is 10.1. The van der Waals surface area contributed by atoms with E-state index in [4.69, 9.17) is 5.73 Å². The Kier molecular flexibility index (Phi) is 4.01. The van der Waals surface area contributed by atoms with E-state index in [1.54, 1.807) is 12.4 Å². The van der Waals surface area contributed by atoms with Crippen LogP contribution in [0.2, 0.25) is 0 Å². The molecule has 5 nitrogen and oxygen atoms in total. The molecule has 1 aliphatic rings. The van der Waals surface area contributed by atoms with Crippen LogP contribution in [0, 0.1) is 6.92 Å². The van der Waals surface area contributed by atoms with Gasteiger partial charge >= 0.3 is 0 Å². The molecule has 0 saturated carbocycles. The van der Waals surface area contributed by atoms with Crippen LogP contribution in [0.3, 0.4) is 0 Å². The fourth-order valence-corrected chi connectivity index (χ4v) is 2.92. The Morgan fingerprint density at radius 2 is 1.67 bits per heavy atom. The molecule has 0 spiro atoms. The fraction of sp³-hybridized carbons (Fsp3) is 0.375. The van der Waals surface area contributed by atoms with Crippen molar-refractivity contribution in [1.82, 2.24) is 9.97 Å². The molecule has 0 radical (unpaired) electrons. The molecule has 1 fully saturated rings. The minimum Gasteiger partial charge on any atom is -0.368 e. The summed E-state index contributed by atoms with van der Waals surface area (Å²) in [7, 11) is 0. The summed E-state index contributed by atoms with van der Waals surface area (Å²) in [5, 5.41) is 0. The summed E-state index contributed by atoms with van der Waals surface area (Å²) in [6.07, 6.45) is 3.59. The summed E-state index contributed by atoms with van der Waals surface area (Å²) in [6.45, 7) is 6.54. The van der Waals surface area contributed by atoms with Gasteiger partial charge in [0.15, 0.2) is 0 Å². The predicted molar refractivity (Wildman–Crippen MR) is 85.5 cm³/mol. The molecule has 1 aliphatic heterocycles. The first-order valence-electron chi connectivity index (χ1n) is 7.35. The van der Waals surface area contributed by atoms with Crippen LogP contribution in [0.15, 0.2) is 36.7 Å². The molecule has 2 aromatic rings. The van der Waals surface area contributed by atoms with Gasteiger partial charge in [-0.15, -0.1) is 0 Å². The number of para-hydroxylation sites is 1. The summed E-state index contributed by atoms with van der Waals surface area (Å²) in [6, 6.07) is 8.20. The van der Waals surface area contributed by atoms with Gasteiger partial charge in [-0.1, -0.05) is 18.2 Å². The fourth-order valence-electron chi connectivity index (χ4n) is 2.92. The zero-order valence-corrected chi connectivity index (χ0v) is 12.4. The van der Waals surface area contributed by atoms with E-state index in [1.165, 1.54) is 16.8 Å². The summed E-state index contributed by atoms with van der Waals surface area (Å²) in [5.74, 6) is 0.820. The molecule has 1 aromatic heterocycles. The van der Waals surface area contributed by atoms with Gasteiger partial charge in [0.25, 0.3) is 0 Å². The minimum absolute atomic E-state index is 0.582. The van der Waals surface area contributed by atoms with E-state index in [1.807, 2.05) is 6.07 Å². The van der Waals surface area contributed by atoms with Crippen molar-refractivity contribution in [2.45, 2.75) is 13.5 Å². The average Bonchev–Trinajstić information content (AvgIpc) is 2.55. The molecule has 0 bridgehead atoms. The quantitative estimate of drug-likeness (QED) is 0.926. The highest BCUT2D eigenvalue weighted by Gasteiger charge is 2.21. The van der Waals surface area contributed by atoms with Crippen LogP contribution < -0.4 is 15.5 Å². The number of benzene rings is 1. The Balaban J connectivity index is 1.75. The van der Waals surface area contributed by atoms with Crippen LogP contribution in [0.4, 0.5) is 11.6 Å². The van der Waals surface area contributed by atoms with Gasteiger partial charge in [0.2, 0.25) is 5.95 Å². The van der Waals surface area contributed by atoms with E-state index in [9.17, 15) is 0 Å². The zero-order valence-electron chi connectivity index (χ0n) is 12.4. The second kappa shape index (κ2) is 6.10. The summed E-state index contributed by atoms with van der Waals surface area (Å²) < 4.78 is 0. The summed E-state index contributed by atoms with van der Waals surface area (Å²) in [5.41, 5.74) is 9.70. The molecule has 0 aliphatic carbocycles. The van der Waals surface area contributed by atoms with Crippen molar-refractivity contribution >= 4 is 11.6 Å². The summed E-state index contributed by atoms with van der Waals surface area (Å²) in [4.78, 5) is 13.3. The van der Waals surface area contributed by atoms with E-state index < -0.39 is 0 Å². The number of piperazine rings is 1. The van der Waals surface area contributed by atoms with Gasteiger partial charge in [-0.05, 0) is 24.1 Å². The maximum atomic E-state index is 5.89. The van der Waals surface area contributed by atoms with Crippen molar-refractivity contribution in [2.75, 3.05) is 36.0 Å². The van der Waals surface area contributed by atoms with Crippen molar-refractivity contribution in [3.05, 3.63) is 47.8 Å². The van der Waals surface area contributed by atoms with Crippen molar-refractivity contribution in [3.8, 4) is 0 Å². The Bertz CT molecular complexity index is 591. The molecular weight excluding hydrogens is 262 g/mol. The van der Waals surface area contributed by atoms with E-state index >= 15 is 0 Å². The standard InChI is InChI=1S/C16H21N5/c1-13-4-2-5-14(12-17)15(13)20-8-10-21(11-9-20)16-18-6-3-7-19-16/h2-7H,8-12,17H2,1H3. The van der Waals surface area contributed by atoms with Crippen LogP contribution in [-0.2, 0) is 6.54 Å². The summed E-state index contributed by atoms with van der Waals surface area (Å²) >= 11 is 0. The smallest absolute Gasteiger partial charge is 0.225 e. The van der Waals surface area contributed by atoms with E-state index in [0.717, 1.165) is 32.1 Å². The van der Waals surface area contributed by atoms with Gasteiger partial charge in [-0.2, -0.15) is 0 Å². The maximum Gasteiger partial charge on any atom is 0.225 e. The van der Waals surface area contributed by atoms with Crippen molar-refractivity contribution in [1.29, 1.82) is 0 Å². The first-order chi connectivity index (χ1) is 10.3. The average molecular weight is 283 g/mol. The molecule has 3 rings (SSSR count). The second-order valence-corrected chi connectivity index (χ2v) is 5.31. The number of nitrogens with two attached hydrogens (primary N) is 1. The van der Waals surface area contributed by atoms with Crippen molar-refractivity contribution in [3.63, 3.8) is 0 Å². The molecule has 110 valence electrons. The molecule has 0 unspecified atom stereocenters. The Labute approximate surface area is 125 Å². The van der Waals surface area contributed by atoms with Gasteiger partial charge in [0, 0.05) is 50.8 Å². The molecule has 2 heterocycles. The highest BCUT2D eigenvalue weighted by Crippen LogP contribution is 2.26. The Morgan fingerprint density at radius 3 is 2.33 bits per heavy atom. The van der Waals surface area contributed by atoms with Crippen molar-refractivity contribution < 1.29 is 0 Å². The second-order valence-electron chi connectivity index (χ2n) is 5.31. The Morgan fingerprint density at radius 1 is 1.00 bits per heavy atom. The van der Waals surface area contributed by atoms with E-state index in [2.05, 4.69) is 44.9 Å². The monoisotopic (exact) mass is 283 g/mol. The van der Waals surface area contributed by atoms with Crippen molar-refractivity contribution in [2.24, 2.45) is 5.73 Å². The molecule has 1 saturated heterocycles. The first kappa shape index (κ1) is 13.8. The lowest BCUT2D eigenvalue weighted by molar-refractivity contribution is 0.637. The van der Waals surface area contributed by atoms with Gasteiger partial charge in [0.1, 0.15) is 0 Å². The number of hydrogen-bond donors (Lipinski definition) is 1. The third-order valence-corrected chi connectivity index (χ3v) is 3.97. The number of aromatic nitrogens is 2. The largest absolute Gasteiger partial charge is 0.368 e. The van der Waals surface area contributed by atoms with E-state index in [0.29, 0.717) is 6.54 Å². The van der Waals surface area contributed by atoms with Crippen LogP contribution in [0.5, 0.6) is 0 Å². The third kappa shape index (κ3) is 2.83. The zero-order chi connectivity index (χ0) is 14.7. The lowest BCUT2D eigenvalue weighted by Crippen LogP contribution is -2.47. The van der Waals surface area contributed by atoms with Crippen LogP contribution >= 0.6 is 0 Å². The number of aryl methyl sites for hydroxylation is 1. The highest BCUT2D eigenvalue weighted by molar-refractivity contribution is 5.60. The molecule has 0 amide bonds. The normalized spacial score (nSPS) is 15.3. The number of hydrogen-bond acceptors (Lipinski definition) is 5. The molecule has 21 heavy (non-hydrogen) atoms.